The average Bonchev–Trinajstić information content (AvgIpc) is 3.34. The normalized spacial score (nSPS) is 23.8. The number of rotatable bonds is 3. The second-order valence-corrected chi connectivity index (χ2v) is 7.04. The van der Waals surface area contributed by atoms with Gasteiger partial charge < -0.3 is 4.74 Å². The largest absolute Gasteiger partial charge is 0.489 e. The summed E-state index contributed by atoms with van der Waals surface area (Å²) >= 11 is 12.4. The lowest BCUT2D eigenvalue weighted by Crippen LogP contribution is -2.46. The number of carbonyl (C=O) groups is 2. The summed E-state index contributed by atoms with van der Waals surface area (Å²) < 4.78 is 5.75. The van der Waals surface area contributed by atoms with Gasteiger partial charge in [-0.1, -0.05) is 29.3 Å². The van der Waals surface area contributed by atoms with Gasteiger partial charge in [-0.15, -0.1) is 0 Å². The predicted molar refractivity (Wildman–Crippen MR) is 88.0 cm³/mol. The molecule has 1 heterocycles. The molecule has 1 saturated carbocycles. The zero-order valence-electron chi connectivity index (χ0n) is 12.4. The first-order chi connectivity index (χ1) is 11.0. The minimum Gasteiger partial charge on any atom is -0.489 e. The highest BCUT2D eigenvalue weighted by Gasteiger charge is 2.39. The van der Waals surface area contributed by atoms with Crippen LogP contribution in [0.4, 0.5) is 5.69 Å². The third-order valence-electron chi connectivity index (χ3n) is 4.44. The van der Waals surface area contributed by atoms with Crippen molar-refractivity contribution in [2.24, 2.45) is 5.92 Å². The van der Waals surface area contributed by atoms with Crippen LogP contribution in [0.3, 0.4) is 0 Å². The van der Waals surface area contributed by atoms with Gasteiger partial charge in [-0.2, -0.15) is 0 Å². The van der Waals surface area contributed by atoms with Crippen molar-refractivity contribution in [1.82, 2.24) is 0 Å². The summed E-state index contributed by atoms with van der Waals surface area (Å²) in [4.78, 5) is 26.5. The molecule has 1 aromatic rings. The molecular weight excluding hydrogens is 337 g/mol. The van der Waals surface area contributed by atoms with Gasteiger partial charge in [0.1, 0.15) is 5.75 Å². The molecular formula is C17H15Cl2NO3. The van der Waals surface area contributed by atoms with Crippen LogP contribution in [0, 0.1) is 5.92 Å². The highest BCUT2D eigenvalue weighted by molar-refractivity contribution is 6.39. The maximum atomic E-state index is 12.7. The monoisotopic (exact) mass is 351 g/mol. The first-order valence-corrected chi connectivity index (χ1v) is 8.55. The van der Waals surface area contributed by atoms with Gasteiger partial charge in [-0.05, 0) is 38.2 Å². The van der Waals surface area contributed by atoms with Gasteiger partial charge in [0.25, 0.3) is 5.91 Å². The zero-order valence-corrected chi connectivity index (χ0v) is 13.9. The van der Waals surface area contributed by atoms with Crippen molar-refractivity contribution in [2.45, 2.75) is 38.2 Å². The fraction of sp³-hybridized carbons (Fsp3) is 0.412. The summed E-state index contributed by atoms with van der Waals surface area (Å²) in [7, 11) is 0. The number of ether oxygens (including phenoxy) is 1. The molecule has 4 rings (SSSR count). The Morgan fingerprint density at radius 3 is 2.61 bits per heavy atom. The Morgan fingerprint density at radius 1 is 1.09 bits per heavy atom. The molecule has 23 heavy (non-hydrogen) atoms. The maximum Gasteiger partial charge on any atom is 0.260 e. The molecule has 120 valence electrons. The van der Waals surface area contributed by atoms with Crippen molar-refractivity contribution < 1.29 is 14.3 Å². The van der Waals surface area contributed by atoms with Crippen LogP contribution in [-0.4, -0.2) is 17.9 Å². The molecule has 1 unspecified atom stereocenters. The highest BCUT2D eigenvalue weighted by Crippen LogP contribution is 2.42. The van der Waals surface area contributed by atoms with Gasteiger partial charge in [0.15, 0.2) is 0 Å². The van der Waals surface area contributed by atoms with E-state index in [-0.39, 0.29) is 28.9 Å². The van der Waals surface area contributed by atoms with Crippen molar-refractivity contribution in [1.29, 1.82) is 0 Å². The second-order valence-electron chi connectivity index (χ2n) is 6.22. The van der Waals surface area contributed by atoms with E-state index in [0.29, 0.717) is 28.5 Å². The van der Waals surface area contributed by atoms with Crippen molar-refractivity contribution in [3.05, 3.63) is 33.8 Å². The van der Waals surface area contributed by atoms with E-state index in [1.807, 2.05) is 0 Å². The molecule has 0 aromatic heterocycles. The number of benzene rings is 1. The Morgan fingerprint density at radius 2 is 1.87 bits per heavy atom. The number of halogens is 2. The summed E-state index contributed by atoms with van der Waals surface area (Å²) in [6.45, 7) is 0. The minimum absolute atomic E-state index is 0.163. The molecule has 4 nitrogen and oxygen atoms in total. The number of carbonyl (C=O) groups excluding carboxylic acids is 2. The number of hydrogen-bond acceptors (Lipinski definition) is 3. The predicted octanol–water partition coefficient (Wildman–Crippen LogP) is 4.13. The minimum atomic E-state index is -0.285. The third kappa shape index (κ3) is 2.64. The zero-order chi connectivity index (χ0) is 16.1. The Hall–Kier alpha value is -1.52. The van der Waals surface area contributed by atoms with Gasteiger partial charge in [0, 0.05) is 11.6 Å². The smallest absolute Gasteiger partial charge is 0.260 e. The molecule has 2 aliphatic carbocycles. The van der Waals surface area contributed by atoms with E-state index in [1.54, 1.807) is 12.1 Å². The van der Waals surface area contributed by atoms with Crippen LogP contribution in [0.1, 0.15) is 32.1 Å². The lowest BCUT2D eigenvalue weighted by atomic mass is 9.85. The molecule has 2 bridgehead atoms. The van der Waals surface area contributed by atoms with Crippen LogP contribution >= 0.6 is 23.2 Å². The van der Waals surface area contributed by atoms with E-state index < -0.39 is 0 Å². The molecule has 0 spiro atoms. The van der Waals surface area contributed by atoms with Crippen molar-refractivity contribution >= 4 is 40.7 Å². The summed E-state index contributed by atoms with van der Waals surface area (Å²) in [5.74, 6) is -0.275. The van der Waals surface area contributed by atoms with Crippen molar-refractivity contribution in [3.63, 3.8) is 0 Å². The molecule has 3 aliphatic rings. The van der Waals surface area contributed by atoms with Crippen molar-refractivity contribution in [2.75, 3.05) is 4.90 Å². The van der Waals surface area contributed by atoms with E-state index in [9.17, 15) is 9.59 Å². The van der Waals surface area contributed by atoms with Crippen LogP contribution in [0.25, 0.3) is 0 Å². The van der Waals surface area contributed by atoms with E-state index in [2.05, 4.69) is 0 Å². The molecule has 6 heteroatoms. The SMILES string of the molecule is O=C1C2=CC(CCC2)C(=O)N1c1cc(OC2CC2)c(Cl)cc1Cl. The van der Waals surface area contributed by atoms with Gasteiger partial charge in [0.05, 0.1) is 27.8 Å². The molecule has 2 amide bonds. The molecule has 1 atom stereocenters. The highest BCUT2D eigenvalue weighted by atomic mass is 35.5. The molecule has 1 fully saturated rings. The van der Waals surface area contributed by atoms with Gasteiger partial charge in [-0.3, -0.25) is 9.59 Å². The first-order valence-electron chi connectivity index (χ1n) is 7.79. The van der Waals surface area contributed by atoms with E-state index in [0.717, 1.165) is 25.7 Å². The fourth-order valence-corrected chi connectivity index (χ4v) is 3.59. The summed E-state index contributed by atoms with van der Waals surface area (Å²) in [6, 6.07) is 3.15. The van der Waals surface area contributed by atoms with Crippen LogP contribution in [0.5, 0.6) is 5.75 Å². The van der Waals surface area contributed by atoms with E-state index in [4.69, 9.17) is 27.9 Å². The quantitative estimate of drug-likeness (QED) is 0.769. The third-order valence-corrected chi connectivity index (χ3v) is 5.04. The number of imide groups is 1. The van der Waals surface area contributed by atoms with Crippen LogP contribution in [0.15, 0.2) is 23.8 Å². The molecule has 1 aliphatic heterocycles. The number of amides is 2. The van der Waals surface area contributed by atoms with Crippen LogP contribution in [0.2, 0.25) is 10.0 Å². The van der Waals surface area contributed by atoms with Crippen LogP contribution in [-0.2, 0) is 9.59 Å². The van der Waals surface area contributed by atoms with E-state index >= 15 is 0 Å². The number of fused-ring (bicyclic) bond motifs is 1. The second kappa shape index (κ2) is 5.53. The van der Waals surface area contributed by atoms with Gasteiger partial charge in [0.2, 0.25) is 5.91 Å². The topological polar surface area (TPSA) is 46.6 Å². The van der Waals surface area contributed by atoms with Gasteiger partial charge >= 0.3 is 0 Å². The fourth-order valence-electron chi connectivity index (χ4n) is 3.08. The lowest BCUT2D eigenvalue weighted by Gasteiger charge is -2.33. The van der Waals surface area contributed by atoms with Crippen LogP contribution < -0.4 is 9.64 Å². The number of hydrogen-bond donors (Lipinski definition) is 0. The molecule has 0 saturated heterocycles. The maximum absolute atomic E-state index is 12.7. The Kier molecular flexibility index (Phi) is 3.62. The van der Waals surface area contributed by atoms with E-state index in [1.165, 1.54) is 11.0 Å². The molecule has 0 radical (unpaired) electrons. The average molecular weight is 352 g/mol. The molecule has 0 N–H and O–H groups in total. The number of anilines is 1. The summed E-state index contributed by atoms with van der Waals surface area (Å²) in [6.07, 6.45) is 6.28. The van der Waals surface area contributed by atoms with Crippen molar-refractivity contribution in [3.8, 4) is 5.75 Å². The van der Waals surface area contributed by atoms with Gasteiger partial charge in [-0.25, -0.2) is 4.90 Å². The summed E-state index contributed by atoms with van der Waals surface area (Å²) in [5.41, 5.74) is 1.05. The number of nitrogens with zero attached hydrogens (tertiary/aromatic N) is 1. The Labute approximate surface area is 144 Å². The lowest BCUT2D eigenvalue weighted by molar-refractivity contribution is -0.128. The Balaban J connectivity index is 1.75. The first kappa shape index (κ1) is 15.0. The summed E-state index contributed by atoms with van der Waals surface area (Å²) in [5, 5.41) is 0.669. The standard InChI is InChI=1S/C17H15Cl2NO3/c18-12-7-13(19)15(23-11-4-5-11)8-14(12)20-16(21)9-2-1-3-10(6-9)17(20)22/h6-9,11H,1-5H2. The molecule has 1 aromatic carbocycles. The Bertz CT molecular complexity index is 740.